The number of nitro groups is 1. The zero-order valence-electron chi connectivity index (χ0n) is 7.39. The van der Waals surface area contributed by atoms with E-state index in [2.05, 4.69) is 10.3 Å². The molecular formula is C8H8N2O4. The molecule has 0 bridgehead atoms. The molecule has 14 heavy (non-hydrogen) atoms. The van der Waals surface area contributed by atoms with Crippen molar-refractivity contribution in [1.82, 2.24) is 0 Å². The number of carbonyl (C=O) groups is 1. The van der Waals surface area contributed by atoms with Crippen LogP contribution in [-0.2, 0) is 9.63 Å². The molecule has 0 atom stereocenters. The number of rotatable bonds is 3. The van der Waals surface area contributed by atoms with E-state index in [0.29, 0.717) is 5.69 Å². The molecule has 0 spiro atoms. The second kappa shape index (κ2) is 4.22. The molecule has 1 rings (SSSR count). The maximum Gasteiger partial charge on any atom is 0.329 e. The maximum atomic E-state index is 10.4. The van der Waals surface area contributed by atoms with Gasteiger partial charge in [0.25, 0.3) is 5.69 Å². The Morgan fingerprint density at radius 1 is 1.43 bits per heavy atom. The Kier molecular flexibility index (Phi) is 3.01. The maximum absolute atomic E-state index is 10.4. The standard InChI is InChI=1S/C8H8N2O4/c1-6(11)14-9-7-2-4-8(5-3-7)10(12)13/h2-5,9H,1H3. The number of hydrogen-bond acceptors (Lipinski definition) is 5. The highest BCUT2D eigenvalue weighted by atomic mass is 16.7. The molecule has 0 radical (unpaired) electrons. The third-order valence-electron chi connectivity index (χ3n) is 1.39. The summed E-state index contributed by atoms with van der Waals surface area (Å²) in [6.45, 7) is 1.25. The van der Waals surface area contributed by atoms with Crippen LogP contribution in [0.15, 0.2) is 24.3 Å². The van der Waals surface area contributed by atoms with Crippen molar-refractivity contribution < 1.29 is 14.6 Å². The Bertz CT molecular complexity index is 347. The molecule has 0 aliphatic heterocycles. The van der Waals surface area contributed by atoms with Crippen molar-refractivity contribution in [2.24, 2.45) is 0 Å². The molecule has 0 aliphatic rings. The van der Waals surface area contributed by atoms with Crippen LogP contribution < -0.4 is 5.48 Å². The monoisotopic (exact) mass is 196 g/mol. The summed E-state index contributed by atoms with van der Waals surface area (Å²) < 4.78 is 0. The quantitative estimate of drug-likeness (QED) is 0.584. The van der Waals surface area contributed by atoms with Crippen LogP contribution in [0.2, 0.25) is 0 Å². The van der Waals surface area contributed by atoms with Crippen LogP contribution in [0.25, 0.3) is 0 Å². The highest BCUT2D eigenvalue weighted by Gasteiger charge is 2.03. The summed E-state index contributed by atoms with van der Waals surface area (Å²) in [5.41, 5.74) is 2.80. The number of carbonyl (C=O) groups excluding carboxylic acids is 1. The van der Waals surface area contributed by atoms with E-state index in [4.69, 9.17) is 0 Å². The van der Waals surface area contributed by atoms with Crippen molar-refractivity contribution in [3.63, 3.8) is 0 Å². The summed E-state index contributed by atoms with van der Waals surface area (Å²) >= 11 is 0. The molecule has 0 heterocycles. The van der Waals surface area contributed by atoms with E-state index in [1.807, 2.05) is 0 Å². The van der Waals surface area contributed by atoms with Crippen LogP contribution in [0.4, 0.5) is 11.4 Å². The van der Waals surface area contributed by atoms with Crippen molar-refractivity contribution in [2.75, 3.05) is 5.48 Å². The summed E-state index contributed by atoms with van der Waals surface area (Å²) in [6, 6.07) is 5.51. The molecule has 0 unspecified atom stereocenters. The van der Waals surface area contributed by atoms with Crippen molar-refractivity contribution in [3.8, 4) is 0 Å². The van der Waals surface area contributed by atoms with Crippen molar-refractivity contribution in [2.45, 2.75) is 6.92 Å². The van der Waals surface area contributed by atoms with Gasteiger partial charge in [-0.2, -0.15) is 0 Å². The highest BCUT2D eigenvalue weighted by molar-refractivity contribution is 5.67. The first-order valence-corrected chi connectivity index (χ1v) is 3.77. The first-order chi connectivity index (χ1) is 6.59. The van der Waals surface area contributed by atoms with Crippen LogP contribution in [0.3, 0.4) is 0 Å². The van der Waals surface area contributed by atoms with Crippen molar-refractivity contribution in [3.05, 3.63) is 34.4 Å². The normalized spacial score (nSPS) is 9.21. The van der Waals surface area contributed by atoms with Gasteiger partial charge >= 0.3 is 5.97 Å². The zero-order valence-corrected chi connectivity index (χ0v) is 7.39. The fourth-order valence-electron chi connectivity index (χ4n) is 0.782. The minimum atomic E-state index is -0.504. The average Bonchev–Trinajstić information content (AvgIpc) is 2.15. The van der Waals surface area contributed by atoms with Crippen LogP contribution in [0.1, 0.15) is 6.92 Å². The largest absolute Gasteiger partial charge is 0.344 e. The number of nitro benzene ring substituents is 1. The predicted octanol–water partition coefficient (Wildman–Crippen LogP) is 1.48. The minimum Gasteiger partial charge on any atom is -0.344 e. The molecule has 0 aromatic heterocycles. The Labute approximate surface area is 79.6 Å². The molecule has 1 aromatic rings. The third-order valence-corrected chi connectivity index (χ3v) is 1.39. The first kappa shape index (κ1) is 9.97. The molecule has 6 nitrogen and oxygen atoms in total. The van der Waals surface area contributed by atoms with Gasteiger partial charge in [-0.05, 0) is 12.1 Å². The molecule has 0 saturated carbocycles. The smallest absolute Gasteiger partial charge is 0.329 e. The van der Waals surface area contributed by atoms with Crippen LogP contribution >= 0.6 is 0 Å². The van der Waals surface area contributed by atoms with Gasteiger partial charge in [-0.25, -0.2) is 5.48 Å². The van der Waals surface area contributed by atoms with Gasteiger partial charge < -0.3 is 4.84 Å². The number of benzene rings is 1. The number of non-ortho nitro benzene ring substituents is 1. The average molecular weight is 196 g/mol. The van der Waals surface area contributed by atoms with Gasteiger partial charge in [-0.3, -0.25) is 14.9 Å². The molecule has 1 aromatic carbocycles. The summed E-state index contributed by atoms with van der Waals surface area (Å²) in [5, 5.41) is 10.3. The molecular weight excluding hydrogens is 188 g/mol. The van der Waals surface area contributed by atoms with Gasteiger partial charge in [0, 0.05) is 19.1 Å². The van der Waals surface area contributed by atoms with Gasteiger partial charge in [0.2, 0.25) is 0 Å². The summed E-state index contributed by atoms with van der Waals surface area (Å²) in [7, 11) is 0. The molecule has 1 N–H and O–H groups in total. The predicted molar refractivity (Wildman–Crippen MR) is 48.5 cm³/mol. The topological polar surface area (TPSA) is 81.5 Å². The van der Waals surface area contributed by atoms with Gasteiger partial charge in [-0.15, -0.1) is 0 Å². The third kappa shape index (κ3) is 2.74. The van der Waals surface area contributed by atoms with E-state index in [1.165, 1.54) is 31.2 Å². The Balaban J connectivity index is 2.64. The number of hydrogen-bond donors (Lipinski definition) is 1. The van der Waals surface area contributed by atoms with Gasteiger partial charge in [-0.1, -0.05) is 0 Å². The van der Waals surface area contributed by atoms with E-state index in [-0.39, 0.29) is 5.69 Å². The van der Waals surface area contributed by atoms with Gasteiger partial charge in [0.15, 0.2) is 0 Å². The fraction of sp³-hybridized carbons (Fsp3) is 0.125. The number of nitrogens with one attached hydrogen (secondary N) is 1. The van der Waals surface area contributed by atoms with E-state index in [1.54, 1.807) is 0 Å². The Morgan fingerprint density at radius 2 is 2.00 bits per heavy atom. The lowest BCUT2D eigenvalue weighted by atomic mass is 10.3. The first-order valence-electron chi connectivity index (χ1n) is 3.77. The van der Waals surface area contributed by atoms with E-state index in [0.717, 1.165) is 0 Å². The lowest BCUT2D eigenvalue weighted by molar-refractivity contribution is -0.384. The molecule has 74 valence electrons. The second-order valence-electron chi connectivity index (χ2n) is 2.50. The SMILES string of the molecule is CC(=O)ONc1ccc([N+](=O)[O-])cc1. The summed E-state index contributed by atoms with van der Waals surface area (Å²) in [6.07, 6.45) is 0. The zero-order chi connectivity index (χ0) is 10.6. The Morgan fingerprint density at radius 3 is 2.43 bits per heavy atom. The van der Waals surface area contributed by atoms with Crippen LogP contribution in [0.5, 0.6) is 0 Å². The summed E-state index contributed by atoms with van der Waals surface area (Å²) in [4.78, 5) is 24.6. The molecule has 0 fully saturated rings. The van der Waals surface area contributed by atoms with E-state index >= 15 is 0 Å². The molecule has 0 amide bonds. The summed E-state index contributed by atoms with van der Waals surface area (Å²) in [5.74, 6) is -0.483. The highest BCUT2D eigenvalue weighted by Crippen LogP contribution is 2.15. The molecule has 0 saturated heterocycles. The van der Waals surface area contributed by atoms with E-state index in [9.17, 15) is 14.9 Å². The van der Waals surface area contributed by atoms with E-state index < -0.39 is 10.9 Å². The lowest BCUT2D eigenvalue weighted by Crippen LogP contribution is -2.05. The minimum absolute atomic E-state index is 0.0154. The fourth-order valence-corrected chi connectivity index (χ4v) is 0.782. The number of nitrogens with zero attached hydrogens (tertiary/aromatic N) is 1. The Hall–Kier alpha value is -2.11. The second-order valence-corrected chi connectivity index (χ2v) is 2.50. The number of anilines is 1. The van der Waals surface area contributed by atoms with Crippen molar-refractivity contribution >= 4 is 17.3 Å². The molecule has 0 aliphatic carbocycles. The van der Waals surface area contributed by atoms with Gasteiger partial charge in [0.05, 0.1) is 10.6 Å². The van der Waals surface area contributed by atoms with Gasteiger partial charge in [0.1, 0.15) is 0 Å². The molecule has 6 heteroatoms. The van der Waals surface area contributed by atoms with Crippen molar-refractivity contribution in [1.29, 1.82) is 0 Å². The lowest BCUT2D eigenvalue weighted by Gasteiger charge is -2.03. The van der Waals surface area contributed by atoms with Crippen LogP contribution in [0, 0.1) is 10.1 Å². The van der Waals surface area contributed by atoms with Crippen LogP contribution in [-0.4, -0.2) is 10.9 Å².